The summed E-state index contributed by atoms with van der Waals surface area (Å²) in [5, 5.41) is 8.79. The second kappa shape index (κ2) is 5.84. The molecular weight excluding hydrogens is 274 g/mol. The SMILES string of the molecule is CC(C)(NS(=O)(=O)c1ccc(CCCO)cc1)C1CC1. The largest absolute Gasteiger partial charge is 0.396 e. The average molecular weight is 297 g/mol. The fraction of sp³-hybridized carbons (Fsp3) is 0.600. The maximum absolute atomic E-state index is 12.4. The summed E-state index contributed by atoms with van der Waals surface area (Å²) in [4.78, 5) is 0.305. The third-order valence-electron chi connectivity index (χ3n) is 3.85. The number of sulfonamides is 1. The van der Waals surface area contributed by atoms with Crippen molar-refractivity contribution >= 4 is 10.0 Å². The van der Waals surface area contributed by atoms with E-state index in [2.05, 4.69) is 4.72 Å². The van der Waals surface area contributed by atoms with Crippen molar-refractivity contribution in [1.82, 2.24) is 4.72 Å². The van der Waals surface area contributed by atoms with Gasteiger partial charge in [0.05, 0.1) is 4.90 Å². The topological polar surface area (TPSA) is 66.4 Å². The zero-order chi connectivity index (χ0) is 14.8. The lowest BCUT2D eigenvalue weighted by Crippen LogP contribution is -2.45. The normalized spacial score (nSPS) is 16.4. The first-order valence-corrected chi connectivity index (χ1v) is 8.57. The molecule has 0 saturated heterocycles. The van der Waals surface area contributed by atoms with Gasteiger partial charge in [-0.3, -0.25) is 0 Å². The first-order chi connectivity index (χ1) is 9.35. The molecule has 1 aromatic rings. The van der Waals surface area contributed by atoms with Gasteiger partial charge in [0.15, 0.2) is 0 Å². The Morgan fingerprint density at radius 1 is 1.25 bits per heavy atom. The van der Waals surface area contributed by atoms with E-state index in [1.165, 1.54) is 0 Å². The predicted octanol–water partition coefficient (Wildman–Crippen LogP) is 2.08. The molecule has 1 aliphatic rings. The van der Waals surface area contributed by atoms with Gasteiger partial charge >= 0.3 is 0 Å². The summed E-state index contributed by atoms with van der Waals surface area (Å²) in [6.07, 6.45) is 3.64. The van der Waals surface area contributed by atoms with Crippen molar-refractivity contribution < 1.29 is 13.5 Å². The lowest BCUT2D eigenvalue weighted by molar-refractivity contribution is 0.288. The van der Waals surface area contributed by atoms with Crippen molar-refractivity contribution in [3.63, 3.8) is 0 Å². The number of nitrogens with one attached hydrogen (secondary N) is 1. The number of rotatable bonds is 7. The Balaban J connectivity index is 2.09. The van der Waals surface area contributed by atoms with Crippen LogP contribution in [0.5, 0.6) is 0 Å². The van der Waals surface area contributed by atoms with Crippen LogP contribution in [0.15, 0.2) is 29.2 Å². The second-order valence-corrected chi connectivity index (χ2v) is 7.75. The highest BCUT2D eigenvalue weighted by atomic mass is 32.2. The van der Waals surface area contributed by atoms with Crippen LogP contribution in [0.1, 0.15) is 38.7 Å². The Kier molecular flexibility index (Phi) is 4.52. The predicted molar refractivity (Wildman–Crippen MR) is 79.0 cm³/mol. The molecule has 0 bridgehead atoms. The average Bonchev–Trinajstić information content (AvgIpc) is 3.20. The van der Waals surface area contributed by atoms with Crippen molar-refractivity contribution in [2.24, 2.45) is 5.92 Å². The van der Waals surface area contributed by atoms with Crippen molar-refractivity contribution in [2.75, 3.05) is 6.61 Å². The van der Waals surface area contributed by atoms with Crippen LogP contribution < -0.4 is 4.72 Å². The summed E-state index contributed by atoms with van der Waals surface area (Å²) in [7, 11) is -3.46. The van der Waals surface area contributed by atoms with Gasteiger partial charge in [-0.25, -0.2) is 13.1 Å². The Morgan fingerprint density at radius 2 is 1.85 bits per heavy atom. The first kappa shape index (κ1) is 15.5. The van der Waals surface area contributed by atoms with E-state index in [0.29, 0.717) is 17.2 Å². The molecule has 112 valence electrons. The highest BCUT2D eigenvalue weighted by Crippen LogP contribution is 2.39. The molecule has 5 heteroatoms. The van der Waals surface area contributed by atoms with Gasteiger partial charge in [-0.2, -0.15) is 0 Å². The number of aryl methyl sites for hydroxylation is 1. The zero-order valence-corrected chi connectivity index (χ0v) is 12.9. The van der Waals surface area contributed by atoms with Gasteiger partial charge in [0.1, 0.15) is 0 Å². The van der Waals surface area contributed by atoms with Gasteiger partial charge in [0.2, 0.25) is 10.0 Å². The second-order valence-electron chi connectivity index (χ2n) is 6.07. The van der Waals surface area contributed by atoms with E-state index in [-0.39, 0.29) is 12.1 Å². The summed E-state index contributed by atoms with van der Waals surface area (Å²) >= 11 is 0. The molecule has 1 aromatic carbocycles. The van der Waals surface area contributed by atoms with E-state index in [1.54, 1.807) is 12.1 Å². The summed E-state index contributed by atoms with van der Waals surface area (Å²) in [6, 6.07) is 6.90. The van der Waals surface area contributed by atoms with Gasteiger partial charge in [0, 0.05) is 12.1 Å². The van der Waals surface area contributed by atoms with Crippen LogP contribution in [-0.2, 0) is 16.4 Å². The van der Waals surface area contributed by atoms with E-state index in [4.69, 9.17) is 5.11 Å². The number of hydrogen-bond donors (Lipinski definition) is 2. The van der Waals surface area contributed by atoms with Crippen LogP contribution >= 0.6 is 0 Å². The van der Waals surface area contributed by atoms with Crippen LogP contribution in [0, 0.1) is 5.92 Å². The summed E-state index contributed by atoms with van der Waals surface area (Å²) < 4.78 is 27.5. The van der Waals surface area contributed by atoms with Crippen LogP contribution in [0.25, 0.3) is 0 Å². The molecule has 4 nitrogen and oxygen atoms in total. The van der Waals surface area contributed by atoms with Crippen LogP contribution in [0.4, 0.5) is 0 Å². The van der Waals surface area contributed by atoms with Gasteiger partial charge in [-0.15, -0.1) is 0 Å². The Hall–Kier alpha value is -0.910. The van der Waals surface area contributed by atoms with E-state index in [9.17, 15) is 8.42 Å². The summed E-state index contributed by atoms with van der Waals surface area (Å²) in [5.74, 6) is 0.445. The molecule has 0 amide bonds. The molecule has 0 atom stereocenters. The molecule has 0 unspecified atom stereocenters. The molecule has 0 spiro atoms. The van der Waals surface area contributed by atoms with E-state index in [1.807, 2.05) is 26.0 Å². The number of aliphatic hydroxyl groups is 1. The molecule has 2 rings (SSSR count). The molecule has 1 aliphatic carbocycles. The highest BCUT2D eigenvalue weighted by Gasteiger charge is 2.40. The number of benzene rings is 1. The molecule has 0 heterocycles. The van der Waals surface area contributed by atoms with Crippen molar-refractivity contribution in [1.29, 1.82) is 0 Å². The number of hydrogen-bond acceptors (Lipinski definition) is 3. The molecule has 0 radical (unpaired) electrons. The first-order valence-electron chi connectivity index (χ1n) is 7.09. The van der Waals surface area contributed by atoms with Gasteiger partial charge in [0.25, 0.3) is 0 Å². The van der Waals surface area contributed by atoms with Crippen LogP contribution in [-0.4, -0.2) is 25.7 Å². The third kappa shape index (κ3) is 3.81. The summed E-state index contributed by atoms with van der Waals surface area (Å²) in [5.41, 5.74) is 0.661. The lowest BCUT2D eigenvalue weighted by Gasteiger charge is -2.25. The standard InChI is InChI=1S/C15H23NO3S/c1-15(2,13-7-8-13)16-20(18,19)14-9-5-12(6-10-14)4-3-11-17/h5-6,9-10,13,16-17H,3-4,7-8,11H2,1-2H3. The number of aliphatic hydroxyl groups excluding tert-OH is 1. The van der Waals surface area contributed by atoms with Gasteiger partial charge in [-0.05, 0) is 63.1 Å². The van der Waals surface area contributed by atoms with Crippen LogP contribution in [0.2, 0.25) is 0 Å². The van der Waals surface area contributed by atoms with Gasteiger partial charge in [-0.1, -0.05) is 12.1 Å². The minimum Gasteiger partial charge on any atom is -0.396 e. The molecule has 0 aliphatic heterocycles. The molecular formula is C15H23NO3S. The maximum atomic E-state index is 12.4. The Labute approximate surface area is 121 Å². The monoisotopic (exact) mass is 297 g/mol. The molecule has 1 saturated carbocycles. The lowest BCUT2D eigenvalue weighted by atomic mass is 10.0. The van der Waals surface area contributed by atoms with Crippen molar-refractivity contribution in [3.05, 3.63) is 29.8 Å². The van der Waals surface area contributed by atoms with E-state index < -0.39 is 10.0 Å². The summed E-state index contributed by atoms with van der Waals surface area (Å²) in [6.45, 7) is 4.03. The van der Waals surface area contributed by atoms with Crippen molar-refractivity contribution in [3.8, 4) is 0 Å². The zero-order valence-electron chi connectivity index (χ0n) is 12.1. The molecule has 1 fully saturated rings. The smallest absolute Gasteiger partial charge is 0.241 e. The van der Waals surface area contributed by atoms with E-state index in [0.717, 1.165) is 24.8 Å². The minimum absolute atomic E-state index is 0.150. The molecule has 20 heavy (non-hydrogen) atoms. The van der Waals surface area contributed by atoms with Crippen molar-refractivity contribution in [2.45, 2.75) is 50.0 Å². The minimum atomic E-state index is -3.46. The van der Waals surface area contributed by atoms with E-state index >= 15 is 0 Å². The fourth-order valence-corrected chi connectivity index (χ4v) is 3.88. The maximum Gasteiger partial charge on any atom is 0.241 e. The molecule has 0 aromatic heterocycles. The third-order valence-corrected chi connectivity index (χ3v) is 5.54. The fourth-order valence-electron chi connectivity index (χ4n) is 2.41. The quantitative estimate of drug-likeness (QED) is 0.810. The molecule has 2 N–H and O–H groups in total. The highest BCUT2D eigenvalue weighted by molar-refractivity contribution is 7.89. The Morgan fingerprint density at radius 3 is 2.35 bits per heavy atom. The Bertz CT molecular complexity index is 545. The van der Waals surface area contributed by atoms with Gasteiger partial charge < -0.3 is 5.11 Å². The van der Waals surface area contributed by atoms with Crippen LogP contribution in [0.3, 0.4) is 0 Å².